The summed E-state index contributed by atoms with van der Waals surface area (Å²) >= 11 is 0. The third-order valence-electron chi connectivity index (χ3n) is 1.33. The lowest BCUT2D eigenvalue weighted by Crippen LogP contribution is -2.24. The van der Waals surface area contributed by atoms with Crippen molar-refractivity contribution in [2.75, 3.05) is 0 Å². The Bertz CT molecular complexity index is 379. The first-order valence-corrected chi connectivity index (χ1v) is 3.63. The second kappa shape index (κ2) is 4.31. The Hall–Kier alpha value is -1.98. The van der Waals surface area contributed by atoms with Crippen LogP contribution in [0.15, 0.2) is 23.3 Å². The van der Waals surface area contributed by atoms with Gasteiger partial charge in [-0.25, -0.2) is 19.0 Å². The first kappa shape index (κ1) is 10.1. The van der Waals surface area contributed by atoms with Gasteiger partial charge in [-0.1, -0.05) is 6.07 Å². The lowest BCUT2D eigenvalue weighted by molar-refractivity contribution is 0.249. The molecule has 0 unspecified atom stereocenters. The average Bonchev–Trinajstić information content (AvgIpc) is 2.10. The third-order valence-corrected chi connectivity index (χ3v) is 1.33. The van der Waals surface area contributed by atoms with E-state index >= 15 is 0 Å². The molecule has 0 radical (unpaired) electrons. The molecule has 3 N–H and O–H groups in total. The summed E-state index contributed by atoms with van der Waals surface area (Å²) in [6.07, 6.45) is 1.15. The summed E-state index contributed by atoms with van der Waals surface area (Å²) in [6, 6.07) is 2.39. The van der Waals surface area contributed by atoms with Gasteiger partial charge in [0.2, 0.25) is 0 Å². The summed E-state index contributed by atoms with van der Waals surface area (Å²) in [4.78, 5) is 10.2. The second-order valence-corrected chi connectivity index (χ2v) is 2.41. The molecule has 0 saturated heterocycles. The molecule has 6 heteroatoms. The Morgan fingerprint density at radius 1 is 1.43 bits per heavy atom. The molecule has 1 aromatic rings. The number of carbonyl (C=O) groups is 1. The van der Waals surface area contributed by atoms with Crippen molar-refractivity contribution in [2.24, 2.45) is 10.8 Å². The minimum atomic E-state index is -0.979. The number of amides is 2. The summed E-state index contributed by atoms with van der Waals surface area (Å²) in [5.74, 6) is -1.92. The minimum absolute atomic E-state index is 0.317. The van der Waals surface area contributed by atoms with Crippen molar-refractivity contribution in [3.05, 3.63) is 35.4 Å². The van der Waals surface area contributed by atoms with E-state index in [9.17, 15) is 13.6 Å². The van der Waals surface area contributed by atoms with Gasteiger partial charge >= 0.3 is 6.03 Å². The van der Waals surface area contributed by atoms with Gasteiger partial charge < -0.3 is 5.73 Å². The molecule has 0 atom stereocenters. The predicted molar refractivity (Wildman–Crippen MR) is 46.7 cm³/mol. The van der Waals surface area contributed by atoms with Crippen molar-refractivity contribution in [2.45, 2.75) is 0 Å². The van der Waals surface area contributed by atoms with E-state index in [4.69, 9.17) is 5.73 Å². The van der Waals surface area contributed by atoms with Crippen LogP contribution < -0.4 is 11.2 Å². The zero-order chi connectivity index (χ0) is 10.6. The van der Waals surface area contributed by atoms with E-state index in [-0.39, 0.29) is 0 Å². The number of carbonyl (C=O) groups excluding carboxylic acids is 1. The number of halogens is 2. The Labute approximate surface area is 78.4 Å². The highest BCUT2D eigenvalue weighted by Gasteiger charge is 2.00. The van der Waals surface area contributed by atoms with Crippen molar-refractivity contribution in [3.63, 3.8) is 0 Å². The molecule has 0 fully saturated rings. The number of nitrogens with one attached hydrogen (secondary N) is 1. The number of rotatable bonds is 2. The molecule has 2 amide bonds. The number of hydrazone groups is 1. The SMILES string of the molecule is NC(=O)N/N=C/c1ccc(F)c(F)c1. The van der Waals surface area contributed by atoms with Gasteiger partial charge in [-0.15, -0.1) is 0 Å². The normalized spacial score (nSPS) is 10.4. The van der Waals surface area contributed by atoms with Crippen LogP contribution in [-0.2, 0) is 0 Å². The van der Waals surface area contributed by atoms with Crippen LogP contribution in [-0.4, -0.2) is 12.2 Å². The van der Waals surface area contributed by atoms with Crippen molar-refractivity contribution >= 4 is 12.2 Å². The van der Waals surface area contributed by atoms with Crippen LogP contribution in [0, 0.1) is 11.6 Å². The number of benzene rings is 1. The molecule has 0 aromatic heterocycles. The maximum absolute atomic E-state index is 12.6. The van der Waals surface area contributed by atoms with Crippen LogP contribution in [0.2, 0.25) is 0 Å². The number of nitrogens with two attached hydrogens (primary N) is 1. The first-order chi connectivity index (χ1) is 6.59. The van der Waals surface area contributed by atoms with E-state index in [1.165, 1.54) is 6.07 Å². The molecule has 0 aliphatic heterocycles. The van der Waals surface area contributed by atoms with Gasteiger partial charge in [0.15, 0.2) is 11.6 Å². The highest BCUT2D eigenvalue weighted by atomic mass is 19.2. The second-order valence-electron chi connectivity index (χ2n) is 2.41. The van der Waals surface area contributed by atoms with E-state index in [1.807, 2.05) is 5.43 Å². The van der Waals surface area contributed by atoms with Gasteiger partial charge in [0.25, 0.3) is 0 Å². The number of hydrogen-bond donors (Lipinski definition) is 2. The van der Waals surface area contributed by atoms with Gasteiger partial charge in [-0.2, -0.15) is 5.10 Å². The Morgan fingerprint density at radius 3 is 2.71 bits per heavy atom. The molecule has 4 nitrogen and oxygen atoms in total. The molecular formula is C8H7F2N3O. The van der Waals surface area contributed by atoms with Crippen molar-refractivity contribution in [1.82, 2.24) is 5.43 Å². The molecule has 0 heterocycles. The van der Waals surface area contributed by atoms with E-state index in [1.54, 1.807) is 0 Å². The van der Waals surface area contributed by atoms with E-state index in [2.05, 4.69) is 5.10 Å². The maximum Gasteiger partial charge on any atom is 0.332 e. The van der Waals surface area contributed by atoms with Crippen LogP contribution >= 0.6 is 0 Å². The zero-order valence-electron chi connectivity index (χ0n) is 7.00. The van der Waals surface area contributed by atoms with Gasteiger partial charge in [0.1, 0.15) is 0 Å². The number of primary amides is 1. The quantitative estimate of drug-likeness (QED) is 0.540. The van der Waals surface area contributed by atoms with Crippen LogP contribution in [0.4, 0.5) is 13.6 Å². The van der Waals surface area contributed by atoms with Gasteiger partial charge in [0, 0.05) is 0 Å². The summed E-state index contributed by atoms with van der Waals surface area (Å²) in [5.41, 5.74) is 6.95. The summed E-state index contributed by atoms with van der Waals surface area (Å²) in [7, 11) is 0. The Balaban J connectivity index is 2.73. The zero-order valence-corrected chi connectivity index (χ0v) is 7.00. The van der Waals surface area contributed by atoms with Gasteiger partial charge in [-0.3, -0.25) is 0 Å². The molecule has 0 aliphatic rings. The predicted octanol–water partition coefficient (Wildman–Crippen LogP) is 0.967. The first-order valence-electron chi connectivity index (χ1n) is 3.63. The standard InChI is InChI=1S/C8H7F2N3O/c9-6-2-1-5(3-7(6)10)4-12-13-8(11)14/h1-4H,(H3,11,13,14)/b12-4+. The van der Waals surface area contributed by atoms with E-state index < -0.39 is 17.7 Å². The molecule has 74 valence electrons. The van der Waals surface area contributed by atoms with Crippen molar-refractivity contribution < 1.29 is 13.6 Å². The fraction of sp³-hybridized carbons (Fsp3) is 0. The molecule has 14 heavy (non-hydrogen) atoms. The molecule has 0 aliphatic carbocycles. The highest BCUT2D eigenvalue weighted by molar-refractivity contribution is 5.81. The molecule has 1 aromatic carbocycles. The topological polar surface area (TPSA) is 67.5 Å². The molecule has 1 rings (SSSR count). The van der Waals surface area contributed by atoms with Crippen LogP contribution in [0.5, 0.6) is 0 Å². The van der Waals surface area contributed by atoms with E-state index in [0.717, 1.165) is 18.3 Å². The van der Waals surface area contributed by atoms with Crippen LogP contribution in [0.3, 0.4) is 0 Å². The smallest absolute Gasteiger partial charge is 0.332 e. The monoisotopic (exact) mass is 199 g/mol. The molecule has 0 spiro atoms. The fourth-order valence-corrected chi connectivity index (χ4v) is 0.763. The average molecular weight is 199 g/mol. The summed E-state index contributed by atoms with van der Waals surface area (Å²) in [6.45, 7) is 0. The van der Waals surface area contributed by atoms with Gasteiger partial charge in [0.05, 0.1) is 6.21 Å². The molecular weight excluding hydrogens is 192 g/mol. The summed E-state index contributed by atoms with van der Waals surface area (Å²) < 4.78 is 25.1. The van der Waals surface area contributed by atoms with Crippen molar-refractivity contribution in [3.8, 4) is 0 Å². The number of hydrogen-bond acceptors (Lipinski definition) is 2. The number of nitrogens with zero attached hydrogens (tertiary/aromatic N) is 1. The van der Waals surface area contributed by atoms with Gasteiger partial charge in [-0.05, 0) is 17.7 Å². The fourth-order valence-electron chi connectivity index (χ4n) is 0.763. The third kappa shape index (κ3) is 2.81. The van der Waals surface area contributed by atoms with Crippen molar-refractivity contribution in [1.29, 1.82) is 0 Å². The van der Waals surface area contributed by atoms with Crippen LogP contribution in [0.25, 0.3) is 0 Å². The van der Waals surface area contributed by atoms with E-state index in [0.29, 0.717) is 5.56 Å². The lowest BCUT2D eigenvalue weighted by atomic mass is 10.2. The number of urea groups is 1. The van der Waals surface area contributed by atoms with Crippen LogP contribution in [0.1, 0.15) is 5.56 Å². The minimum Gasteiger partial charge on any atom is -0.350 e. The molecule has 0 saturated carbocycles. The lowest BCUT2D eigenvalue weighted by Gasteiger charge is -1.95. The largest absolute Gasteiger partial charge is 0.350 e. The Kier molecular flexibility index (Phi) is 3.11. The highest BCUT2D eigenvalue weighted by Crippen LogP contribution is 2.06. The maximum atomic E-state index is 12.6. The Morgan fingerprint density at radius 2 is 2.14 bits per heavy atom. The molecule has 0 bridgehead atoms. The summed E-state index contributed by atoms with van der Waals surface area (Å²) in [5, 5.41) is 3.37.